The largest absolute Gasteiger partial charge is 0.472 e. The Morgan fingerprint density at radius 3 is 3.11 bits per heavy atom. The first kappa shape index (κ1) is 13.0. The van der Waals surface area contributed by atoms with Gasteiger partial charge in [0.15, 0.2) is 0 Å². The van der Waals surface area contributed by atoms with E-state index in [9.17, 15) is 4.39 Å². The Balaban J connectivity index is 2.05. The fourth-order valence-corrected chi connectivity index (χ4v) is 2.14. The highest BCUT2D eigenvalue weighted by atomic mass is 32.1. The molecule has 5 heteroatoms. The normalized spacial score (nSPS) is 10.6. The fourth-order valence-electron chi connectivity index (χ4n) is 1.52. The van der Waals surface area contributed by atoms with Crippen LogP contribution in [-0.4, -0.2) is 11.5 Å². The molecule has 2 aromatic heterocycles. The van der Waals surface area contributed by atoms with Gasteiger partial charge in [0, 0.05) is 17.0 Å². The zero-order valence-electron chi connectivity index (χ0n) is 10.1. The van der Waals surface area contributed by atoms with E-state index < -0.39 is 0 Å². The van der Waals surface area contributed by atoms with Crippen molar-refractivity contribution in [3.8, 4) is 5.88 Å². The molecule has 0 aliphatic rings. The molecule has 1 N–H and O–H groups in total. The first-order valence-electron chi connectivity index (χ1n) is 5.80. The van der Waals surface area contributed by atoms with E-state index in [1.54, 1.807) is 11.3 Å². The van der Waals surface area contributed by atoms with Crippen LogP contribution in [0.2, 0.25) is 0 Å². The van der Waals surface area contributed by atoms with Crippen molar-refractivity contribution in [1.82, 2.24) is 10.3 Å². The van der Waals surface area contributed by atoms with E-state index in [0.717, 1.165) is 17.0 Å². The lowest BCUT2D eigenvalue weighted by atomic mass is 10.2. The van der Waals surface area contributed by atoms with Gasteiger partial charge in [-0.05, 0) is 24.1 Å². The van der Waals surface area contributed by atoms with Crippen LogP contribution in [-0.2, 0) is 13.2 Å². The Bertz CT molecular complexity index is 488. The molecule has 0 aromatic carbocycles. The maximum Gasteiger partial charge on any atom is 0.218 e. The minimum atomic E-state index is -0.341. The third-order valence-corrected chi connectivity index (χ3v) is 3.24. The van der Waals surface area contributed by atoms with Crippen LogP contribution in [0.5, 0.6) is 5.88 Å². The Hall–Kier alpha value is -1.46. The third-order valence-electron chi connectivity index (χ3n) is 2.39. The average Bonchev–Trinajstić information content (AvgIpc) is 2.88. The Labute approximate surface area is 110 Å². The predicted molar refractivity (Wildman–Crippen MR) is 70.2 cm³/mol. The molecule has 0 aliphatic carbocycles. The third kappa shape index (κ3) is 3.51. The van der Waals surface area contributed by atoms with Crippen molar-refractivity contribution < 1.29 is 9.13 Å². The molecule has 18 heavy (non-hydrogen) atoms. The number of rotatable bonds is 6. The summed E-state index contributed by atoms with van der Waals surface area (Å²) in [6.07, 6.45) is 1.18. The Morgan fingerprint density at radius 2 is 2.39 bits per heavy atom. The second-order valence-corrected chi connectivity index (χ2v) is 4.80. The quantitative estimate of drug-likeness (QED) is 0.873. The molecule has 0 saturated carbocycles. The summed E-state index contributed by atoms with van der Waals surface area (Å²) in [7, 11) is 0. The van der Waals surface area contributed by atoms with Gasteiger partial charge >= 0.3 is 0 Å². The average molecular weight is 266 g/mol. The molecule has 3 nitrogen and oxygen atoms in total. The molecule has 0 fully saturated rings. The van der Waals surface area contributed by atoms with Gasteiger partial charge in [0.2, 0.25) is 5.88 Å². The van der Waals surface area contributed by atoms with Crippen LogP contribution in [0.4, 0.5) is 4.39 Å². The van der Waals surface area contributed by atoms with Crippen molar-refractivity contribution in [1.29, 1.82) is 0 Å². The monoisotopic (exact) mass is 266 g/mol. The van der Waals surface area contributed by atoms with E-state index in [4.69, 9.17) is 4.74 Å². The van der Waals surface area contributed by atoms with Gasteiger partial charge < -0.3 is 10.1 Å². The minimum Gasteiger partial charge on any atom is -0.472 e. The second-order valence-electron chi connectivity index (χ2n) is 3.77. The number of aromatic nitrogens is 1. The van der Waals surface area contributed by atoms with Crippen molar-refractivity contribution in [2.75, 3.05) is 6.54 Å². The number of halogens is 1. The molecule has 0 saturated heterocycles. The summed E-state index contributed by atoms with van der Waals surface area (Å²) in [5.74, 6) is 0.150. The van der Waals surface area contributed by atoms with Gasteiger partial charge in [0.05, 0.1) is 6.20 Å². The number of nitrogens with zero attached hydrogens (tertiary/aromatic N) is 1. The molecule has 0 bridgehead atoms. The van der Waals surface area contributed by atoms with Crippen LogP contribution in [0.1, 0.15) is 17.4 Å². The van der Waals surface area contributed by atoms with Crippen molar-refractivity contribution in [2.45, 2.75) is 20.1 Å². The lowest BCUT2D eigenvalue weighted by Crippen LogP contribution is -2.13. The summed E-state index contributed by atoms with van der Waals surface area (Å²) in [5, 5.41) is 5.14. The summed E-state index contributed by atoms with van der Waals surface area (Å²) < 4.78 is 18.8. The zero-order chi connectivity index (χ0) is 12.8. The van der Waals surface area contributed by atoms with Gasteiger partial charge in [0.25, 0.3) is 0 Å². The highest BCUT2D eigenvalue weighted by Crippen LogP contribution is 2.18. The number of ether oxygens (including phenoxy) is 1. The summed E-state index contributed by atoms with van der Waals surface area (Å²) in [6, 6.07) is 5.43. The molecule has 0 aliphatic heterocycles. The standard InChI is InChI=1S/C13H15FN2OS/c1-2-15-7-10-6-11(14)8-16-13(10)17-9-12-4-3-5-18-12/h3-6,8,15H,2,7,9H2,1H3. The van der Waals surface area contributed by atoms with Gasteiger partial charge in [-0.3, -0.25) is 0 Å². The highest BCUT2D eigenvalue weighted by Gasteiger charge is 2.07. The molecule has 0 radical (unpaired) electrons. The first-order valence-corrected chi connectivity index (χ1v) is 6.68. The molecule has 0 spiro atoms. The van der Waals surface area contributed by atoms with Crippen LogP contribution in [0.3, 0.4) is 0 Å². The molecular formula is C13H15FN2OS. The van der Waals surface area contributed by atoms with Gasteiger partial charge in [-0.15, -0.1) is 11.3 Å². The van der Waals surface area contributed by atoms with Crippen LogP contribution in [0.25, 0.3) is 0 Å². The Morgan fingerprint density at radius 1 is 1.50 bits per heavy atom. The fraction of sp³-hybridized carbons (Fsp3) is 0.308. The summed E-state index contributed by atoms with van der Waals surface area (Å²) in [5.41, 5.74) is 0.744. The van der Waals surface area contributed by atoms with Gasteiger partial charge in [0.1, 0.15) is 12.4 Å². The Kier molecular flexibility index (Phi) is 4.66. The lowest BCUT2D eigenvalue weighted by Gasteiger charge is -2.10. The van der Waals surface area contributed by atoms with Crippen molar-refractivity contribution in [2.24, 2.45) is 0 Å². The molecule has 2 heterocycles. The van der Waals surface area contributed by atoms with Gasteiger partial charge in [-0.25, -0.2) is 9.37 Å². The molecule has 0 unspecified atom stereocenters. The molecule has 2 rings (SSSR count). The van der Waals surface area contributed by atoms with Crippen LogP contribution >= 0.6 is 11.3 Å². The smallest absolute Gasteiger partial charge is 0.218 e. The topological polar surface area (TPSA) is 34.2 Å². The van der Waals surface area contributed by atoms with Gasteiger partial charge in [-0.1, -0.05) is 13.0 Å². The number of hydrogen-bond acceptors (Lipinski definition) is 4. The SMILES string of the molecule is CCNCc1cc(F)cnc1OCc1cccs1. The maximum atomic E-state index is 13.1. The van der Waals surface area contributed by atoms with Crippen LogP contribution in [0, 0.1) is 5.82 Å². The second kappa shape index (κ2) is 6.47. The van der Waals surface area contributed by atoms with Crippen molar-refractivity contribution in [3.05, 3.63) is 46.0 Å². The highest BCUT2D eigenvalue weighted by molar-refractivity contribution is 7.09. The molecule has 2 aromatic rings. The van der Waals surface area contributed by atoms with E-state index in [1.807, 2.05) is 24.4 Å². The van der Waals surface area contributed by atoms with E-state index in [1.165, 1.54) is 12.3 Å². The van der Waals surface area contributed by atoms with Crippen molar-refractivity contribution in [3.63, 3.8) is 0 Å². The molecule has 96 valence electrons. The van der Waals surface area contributed by atoms with E-state index in [0.29, 0.717) is 19.0 Å². The molecule has 0 amide bonds. The van der Waals surface area contributed by atoms with E-state index >= 15 is 0 Å². The molecule has 0 atom stereocenters. The van der Waals surface area contributed by atoms with E-state index in [-0.39, 0.29) is 5.82 Å². The summed E-state index contributed by atoms with van der Waals surface area (Å²) >= 11 is 1.63. The predicted octanol–water partition coefficient (Wildman–Crippen LogP) is 2.97. The van der Waals surface area contributed by atoms with Crippen LogP contribution in [0.15, 0.2) is 29.8 Å². The number of nitrogens with one attached hydrogen (secondary N) is 1. The van der Waals surface area contributed by atoms with Gasteiger partial charge in [-0.2, -0.15) is 0 Å². The number of pyridine rings is 1. The maximum absolute atomic E-state index is 13.1. The summed E-state index contributed by atoms with van der Waals surface area (Å²) in [6.45, 7) is 3.84. The zero-order valence-corrected chi connectivity index (χ0v) is 11.0. The number of hydrogen-bond donors (Lipinski definition) is 1. The van der Waals surface area contributed by atoms with Crippen LogP contribution < -0.4 is 10.1 Å². The number of thiophene rings is 1. The minimum absolute atomic E-state index is 0.341. The van der Waals surface area contributed by atoms with E-state index in [2.05, 4.69) is 10.3 Å². The summed E-state index contributed by atoms with van der Waals surface area (Å²) in [4.78, 5) is 5.12. The molecular weight excluding hydrogens is 251 g/mol. The lowest BCUT2D eigenvalue weighted by molar-refractivity contribution is 0.292. The first-order chi connectivity index (χ1) is 8.79. The van der Waals surface area contributed by atoms with Crippen molar-refractivity contribution >= 4 is 11.3 Å².